The lowest BCUT2D eigenvalue weighted by molar-refractivity contribution is -0.116. The number of nitrogens with zero attached hydrogens (tertiary/aromatic N) is 3. The Morgan fingerprint density at radius 3 is 2.58 bits per heavy atom. The topological polar surface area (TPSA) is 67.2 Å². The summed E-state index contributed by atoms with van der Waals surface area (Å²) in [4.78, 5) is 33.5. The highest BCUT2D eigenvalue weighted by Gasteiger charge is 2.24. The first kappa shape index (κ1) is 22.9. The number of aromatic nitrogens is 2. The highest BCUT2D eigenvalue weighted by atomic mass is 16.2. The Hall–Kier alpha value is -3.25. The zero-order valence-corrected chi connectivity index (χ0v) is 19.5. The fraction of sp³-hybridized carbons (Fsp3) is 0.370. The minimum Gasteiger partial charge on any atom is -0.324 e. The van der Waals surface area contributed by atoms with Gasteiger partial charge in [-0.05, 0) is 36.5 Å². The van der Waals surface area contributed by atoms with Crippen LogP contribution in [0, 0.1) is 0 Å². The highest BCUT2D eigenvalue weighted by Crippen LogP contribution is 2.19. The Balaban J connectivity index is 1.55. The molecular formula is C27H32N4O2. The molecule has 0 radical (unpaired) electrons. The van der Waals surface area contributed by atoms with Crippen LogP contribution < -0.4 is 10.9 Å². The van der Waals surface area contributed by atoms with E-state index in [1.54, 1.807) is 4.57 Å². The van der Waals surface area contributed by atoms with E-state index in [-0.39, 0.29) is 18.0 Å². The van der Waals surface area contributed by atoms with Crippen LogP contribution in [0.1, 0.15) is 48.5 Å². The molecule has 6 heteroatoms. The van der Waals surface area contributed by atoms with Gasteiger partial charge in [0.2, 0.25) is 5.91 Å². The maximum atomic E-state index is 13.4. The lowest BCUT2D eigenvalue weighted by atomic mass is 10.0. The number of hydrogen-bond donors (Lipinski definition) is 1. The van der Waals surface area contributed by atoms with E-state index < -0.39 is 0 Å². The van der Waals surface area contributed by atoms with Crippen molar-refractivity contribution in [1.29, 1.82) is 0 Å². The van der Waals surface area contributed by atoms with Crippen molar-refractivity contribution in [3.05, 3.63) is 93.2 Å². The van der Waals surface area contributed by atoms with E-state index in [9.17, 15) is 9.59 Å². The Bertz CT molecular complexity index is 1170. The summed E-state index contributed by atoms with van der Waals surface area (Å²) < 4.78 is 1.58. The van der Waals surface area contributed by atoms with E-state index in [0.717, 1.165) is 48.4 Å². The van der Waals surface area contributed by atoms with Crippen LogP contribution in [0.15, 0.2) is 59.4 Å². The summed E-state index contributed by atoms with van der Waals surface area (Å²) in [5.41, 5.74) is 4.68. The number of hydrogen-bond acceptors (Lipinski definition) is 4. The average Bonchev–Trinajstić information content (AvgIpc) is 2.82. The molecule has 1 aromatic heterocycles. The second-order valence-electron chi connectivity index (χ2n) is 8.60. The molecule has 0 bridgehead atoms. The van der Waals surface area contributed by atoms with Crippen molar-refractivity contribution in [2.75, 3.05) is 11.9 Å². The second kappa shape index (κ2) is 10.6. The number of fused-ring (bicyclic) bond motifs is 1. The van der Waals surface area contributed by atoms with Gasteiger partial charge in [-0.3, -0.25) is 19.1 Å². The van der Waals surface area contributed by atoms with Gasteiger partial charge in [0.25, 0.3) is 5.56 Å². The van der Waals surface area contributed by atoms with Crippen LogP contribution in [0.3, 0.4) is 0 Å². The normalized spacial score (nSPS) is 13.5. The minimum atomic E-state index is -0.196. The average molecular weight is 445 g/mol. The summed E-state index contributed by atoms with van der Waals surface area (Å²) in [6, 6.07) is 18.1. The summed E-state index contributed by atoms with van der Waals surface area (Å²) in [6.07, 6.45) is 3.01. The van der Waals surface area contributed by atoms with Crippen LogP contribution >= 0.6 is 0 Å². The molecule has 1 N–H and O–H groups in total. The molecule has 1 aliphatic heterocycles. The molecule has 0 saturated heterocycles. The minimum absolute atomic E-state index is 0.0137. The van der Waals surface area contributed by atoms with Gasteiger partial charge in [-0.15, -0.1) is 0 Å². The Morgan fingerprint density at radius 1 is 1.06 bits per heavy atom. The van der Waals surface area contributed by atoms with E-state index in [4.69, 9.17) is 4.98 Å². The van der Waals surface area contributed by atoms with Crippen molar-refractivity contribution < 1.29 is 4.79 Å². The van der Waals surface area contributed by atoms with E-state index in [2.05, 4.69) is 36.2 Å². The Morgan fingerprint density at radius 2 is 1.82 bits per heavy atom. The fourth-order valence-corrected chi connectivity index (χ4v) is 4.47. The number of nitrogens with one attached hydrogen (secondary N) is 1. The maximum absolute atomic E-state index is 13.4. The molecule has 33 heavy (non-hydrogen) atoms. The number of aryl methyl sites for hydroxylation is 2. The van der Waals surface area contributed by atoms with E-state index >= 15 is 0 Å². The molecule has 4 rings (SSSR count). The maximum Gasteiger partial charge on any atom is 0.257 e. The van der Waals surface area contributed by atoms with Gasteiger partial charge in [0.05, 0.1) is 5.69 Å². The monoisotopic (exact) mass is 444 g/mol. The molecule has 0 unspecified atom stereocenters. The van der Waals surface area contributed by atoms with Crippen LogP contribution in [-0.2, 0) is 43.7 Å². The standard InChI is InChI=1S/C27H32N4O2/c1-3-10-25-28-24-18-30(17-20-11-6-5-7-12-20)16-15-22(24)27(33)31(25)19-26(32)29-23-14-9-8-13-21(23)4-2/h5-9,11-14H,3-4,10,15-19H2,1-2H3,(H,29,32). The third-order valence-electron chi connectivity index (χ3n) is 6.18. The zero-order valence-electron chi connectivity index (χ0n) is 19.5. The molecule has 172 valence electrons. The van der Waals surface area contributed by atoms with Gasteiger partial charge in [0.15, 0.2) is 0 Å². The summed E-state index contributed by atoms with van der Waals surface area (Å²) in [5, 5.41) is 2.99. The first-order valence-corrected chi connectivity index (χ1v) is 11.8. The van der Waals surface area contributed by atoms with E-state index in [1.807, 2.05) is 42.5 Å². The van der Waals surface area contributed by atoms with Gasteiger partial charge in [-0.2, -0.15) is 0 Å². The summed E-state index contributed by atoms with van der Waals surface area (Å²) in [7, 11) is 0. The first-order valence-electron chi connectivity index (χ1n) is 11.8. The largest absolute Gasteiger partial charge is 0.324 e. The van der Waals surface area contributed by atoms with Crippen molar-refractivity contribution in [3.8, 4) is 0 Å². The SMILES string of the molecule is CCCc1nc2c(c(=O)n1CC(=O)Nc1ccccc1CC)CCN(Cc1ccccc1)C2. The van der Waals surface area contributed by atoms with Crippen LogP contribution in [-0.4, -0.2) is 26.9 Å². The van der Waals surface area contributed by atoms with Crippen molar-refractivity contribution in [3.63, 3.8) is 0 Å². The number of carbonyl (C=O) groups excluding carboxylic acids is 1. The van der Waals surface area contributed by atoms with Gasteiger partial charge in [0.1, 0.15) is 12.4 Å². The van der Waals surface area contributed by atoms with Crippen LogP contribution in [0.25, 0.3) is 0 Å². The van der Waals surface area contributed by atoms with Crippen LogP contribution in [0.5, 0.6) is 0 Å². The molecule has 1 amide bonds. The molecule has 0 saturated carbocycles. The number of anilines is 1. The fourth-order valence-electron chi connectivity index (χ4n) is 4.47. The summed E-state index contributed by atoms with van der Waals surface area (Å²) >= 11 is 0. The van der Waals surface area contributed by atoms with Crippen LogP contribution in [0.2, 0.25) is 0 Å². The Labute approximate surface area is 195 Å². The zero-order chi connectivity index (χ0) is 23.2. The summed E-state index contributed by atoms with van der Waals surface area (Å²) in [5.74, 6) is 0.500. The van der Waals surface area contributed by atoms with E-state index in [0.29, 0.717) is 25.2 Å². The number of para-hydroxylation sites is 1. The predicted molar refractivity (Wildman–Crippen MR) is 131 cm³/mol. The molecule has 6 nitrogen and oxygen atoms in total. The molecule has 2 aromatic carbocycles. The van der Waals surface area contributed by atoms with Gasteiger partial charge in [-0.25, -0.2) is 4.98 Å². The number of benzene rings is 2. The molecule has 3 aromatic rings. The third kappa shape index (κ3) is 5.40. The van der Waals surface area contributed by atoms with Gasteiger partial charge >= 0.3 is 0 Å². The lowest BCUT2D eigenvalue weighted by Crippen LogP contribution is -2.40. The number of carbonyl (C=O) groups is 1. The predicted octanol–water partition coefficient (Wildman–Crippen LogP) is 3.96. The third-order valence-corrected chi connectivity index (χ3v) is 6.18. The molecule has 1 aliphatic rings. The van der Waals surface area contributed by atoms with Gasteiger partial charge in [-0.1, -0.05) is 62.4 Å². The van der Waals surface area contributed by atoms with Crippen LogP contribution in [0.4, 0.5) is 5.69 Å². The van der Waals surface area contributed by atoms with Gasteiger partial charge < -0.3 is 5.32 Å². The molecule has 0 atom stereocenters. The highest BCUT2D eigenvalue weighted by molar-refractivity contribution is 5.91. The summed E-state index contributed by atoms with van der Waals surface area (Å²) in [6.45, 7) is 6.42. The van der Waals surface area contributed by atoms with Crippen molar-refractivity contribution in [2.45, 2.75) is 59.2 Å². The lowest BCUT2D eigenvalue weighted by Gasteiger charge is -2.29. The smallest absolute Gasteiger partial charge is 0.257 e. The molecule has 0 fully saturated rings. The molecule has 2 heterocycles. The number of amides is 1. The van der Waals surface area contributed by atoms with Crippen molar-refractivity contribution in [2.24, 2.45) is 0 Å². The Kier molecular flexibility index (Phi) is 7.35. The first-order chi connectivity index (χ1) is 16.1. The van der Waals surface area contributed by atoms with Gasteiger partial charge in [0, 0.05) is 37.3 Å². The molecular weight excluding hydrogens is 412 g/mol. The molecule has 0 aliphatic carbocycles. The van der Waals surface area contributed by atoms with Crippen molar-refractivity contribution in [1.82, 2.24) is 14.5 Å². The van der Waals surface area contributed by atoms with Crippen molar-refractivity contribution >= 4 is 11.6 Å². The second-order valence-corrected chi connectivity index (χ2v) is 8.60. The quantitative estimate of drug-likeness (QED) is 0.571. The molecule has 0 spiro atoms. The number of rotatable bonds is 8. The van der Waals surface area contributed by atoms with E-state index in [1.165, 1.54) is 5.56 Å².